The van der Waals surface area contributed by atoms with Gasteiger partial charge in [0, 0.05) is 19.8 Å². The number of carbonyl (C=O) groups is 1. The summed E-state index contributed by atoms with van der Waals surface area (Å²) in [6, 6.07) is 2.85. The van der Waals surface area contributed by atoms with Gasteiger partial charge in [-0.3, -0.25) is 4.79 Å². The number of benzene rings is 1. The summed E-state index contributed by atoms with van der Waals surface area (Å²) in [5.41, 5.74) is 0.244. The topological polar surface area (TPSA) is 32.3 Å². The number of rotatable bonds is 3. The van der Waals surface area contributed by atoms with Crippen molar-refractivity contribution < 1.29 is 18.0 Å². The van der Waals surface area contributed by atoms with Crippen LogP contribution >= 0.6 is 0 Å². The molecule has 1 rings (SSSR count). The van der Waals surface area contributed by atoms with Crippen LogP contribution in [0.5, 0.6) is 0 Å². The van der Waals surface area contributed by atoms with Crippen LogP contribution in [0.25, 0.3) is 0 Å². The number of halogens is 3. The molecule has 3 nitrogen and oxygen atoms in total. The van der Waals surface area contributed by atoms with Gasteiger partial charge in [0.1, 0.15) is 6.04 Å². The highest BCUT2D eigenvalue weighted by molar-refractivity contribution is 5.84. The van der Waals surface area contributed by atoms with Crippen molar-refractivity contribution in [3.63, 3.8) is 0 Å². The van der Waals surface area contributed by atoms with Crippen molar-refractivity contribution in [1.29, 1.82) is 0 Å². The Morgan fingerprint density at radius 2 is 1.89 bits per heavy atom. The highest BCUT2D eigenvalue weighted by Crippen LogP contribution is 2.32. The molecule has 0 aliphatic carbocycles. The second-order valence-corrected chi connectivity index (χ2v) is 4.63. The first-order valence-electron chi connectivity index (χ1n) is 5.78. The summed E-state index contributed by atoms with van der Waals surface area (Å²) in [4.78, 5) is 13.1. The van der Waals surface area contributed by atoms with Crippen molar-refractivity contribution in [1.82, 2.24) is 4.90 Å². The summed E-state index contributed by atoms with van der Waals surface area (Å²) in [5.74, 6) is -0.197. The summed E-state index contributed by atoms with van der Waals surface area (Å²) >= 11 is 0. The lowest BCUT2D eigenvalue weighted by Gasteiger charge is -2.21. The number of aryl methyl sites for hydroxylation is 1. The van der Waals surface area contributed by atoms with E-state index in [-0.39, 0.29) is 5.91 Å². The number of amides is 1. The van der Waals surface area contributed by atoms with Gasteiger partial charge in [-0.05, 0) is 31.5 Å². The molecule has 0 saturated heterocycles. The molecule has 0 aromatic heterocycles. The first-order valence-corrected chi connectivity index (χ1v) is 5.78. The monoisotopic (exact) mass is 274 g/mol. The van der Waals surface area contributed by atoms with Crippen LogP contribution in [0.2, 0.25) is 0 Å². The fourth-order valence-electron chi connectivity index (χ4n) is 1.64. The Bertz CT molecular complexity index is 469. The van der Waals surface area contributed by atoms with Gasteiger partial charge in [0.05, 0.1) is 5.56 Å². The molecule has 0 heterocycles. The molecule has 19 heavy (non-hydrogen) atoms. The first kappa shape index (κ1) is 15.3. The molecule has 0 radical (unpaired) electrons. The third-order valence-electron chi connectivity index (χ3n) is 2.75. The molecule has 1 N–H and O–H groups in total. The van der Waals surface area contributed by atoms with E-state index in [0.29, 0.717) is 11.3 Å². The number of nitrogens with one attached hydrogen (secondary N) is 1. The predicted molar refractivity (Wildman–Crippen MR) is 68.0 cm³/mol. The van der Waals surface area contributed by atoms with Crippen molar-refractivity contribution in [3.8, 4) is 0 Å². The number of anilines is 1. The highest BCUT2D eigenvalue weighted by atomic mass is 19.4. The first-order chi connectivity index (χ1) is 8.62. The van der Waals surface area contributed by atoms with Gasteiger partial charge in [0.25, 0.3) is 0 Å². The Morgan fingerprint density at radius 1 is 1.32 bits per heavy atom. The lowest BCUT2D eigenvalue weighted by Crippen LogP contribution is -2.36. The van der Waals surface area contributed by atoms with Crippen molar-refractivity contribution in [2.75, 3.05) is 19.4 Å². The molecule has 1 aromatic carbocycles. The molecular weight excluding hydrogens is 257 g/mol. The van der Waals surface area contributed by atoms with Crippen LogP contribution in [-0.4, -0.2) is 30.9 Å². The van der Waals surface area contributed by atoms with Gasteiger partial charge in [-0.15, -0.1) is 0 Å². The third-order valence-corrected chi connectivity index (χ3v) is 2.75. The quantitative estimate of drug-likeness (QED) is 0.919. The number of likely N-dealkylation sites (N-methyl/N-ethyl adjacent to an activating group) is 1. The molecule has 0 aliphatic rings. The summed E-state index contributed by atoms with van der Waals surface area (Å²) in [5, 5.41) is 2.81. The molecule has 1 amide bonds. The molecule has 1 aromatic rings. The van der Waals surface area contributed by atoms with Crippen molar-refractivity contribution in [2.45, 2.75) is 26.1 Å². The van der Waals surface area contributed by atoms with Gasteiger partial charge in [0.2, 0.25) is 5.91 Å². The largest absolute Gasteiger partial charge is 0.416 e. The molecule has 1 unspecified atom stereocenters. The van der Waals surface area contributed by atoms with E-state index >= 15 is 0 Å². The maximum atomic E-state index is 12.6. The van der Waals surface area contributed by atoms with Gasteiger partial charge in [-0.1, -0.05) is 6.07 Å². The van der Waals surface area contributed by atoms with Crippen LogP contribution in [0, 0.1) is 6.92 Å². The van der Waals surface area contributed by atoms with Crippen molar-refractivity contribution >= 4 is 11.6 Å². The zero-order chi connectivity index (χ0) is 14.8. The summed E-state index contributed by atoms with van der Waals surface area (Å²) in [6.07, 6.45) is -4.39. The molecule has 0 fully saturated rings. The van der Waals surface area contributed by atoms with Gasteiger partial charge < -0.3 is 10.2 Å². The zero-order valence-electron chi connectivity index (χ0n) is 11.3. The van der Waals surface area contributed by atoms with E-state index in [2.05, 4.69) is 5.32 Å². The minimum absolute atomic E-state index is 0.197. The summed E-state index contributed by atoms with van der Waals surface area (Å²) < 4.78 is 37.9. The van der Waals surface area contributed by atoms with E-state index in [4.69, 9.17) is 0 Å². The van der Waals surface area contributed by atoms with Crippen LogP contribution in [0.15, 0.2) is 18.2 Å². The summed E-state index contributed by atoms with van der Waals surface area (Å²) in [7, 11) is 3.19. The Balaban J connectivity index is 2.98. The molecule has 0 spiro atoms. The second kappa shape index (κ2) is 5.50. The van der Waals surface area contributed by atoms with Gasteiger partial charge in [0.15, 0.2) is 0 Å². The second-order valence-electron chi connectivity index (χ2n) is 4.63. The lowest BCUT2D eigenvalue weighted by molar-refractivity contribution is -0.137. The maximum Gasteiger partial charge on any atom is 0.416 e. The van der Waals surface area contributed by atoms with Crippen LogP contribution in [-0.2, 0) is 11.0 Å². The maximum absolute atomic E-state index is 12.6. The van der Waals surface area contributed by atoms with Gasteiger partial charge in [-0.25, -0.2) is 0 Å². The number of alkyl halides is 3. The Labute approximate surface area is 110 Å². The molecule has 0 bridgehead atoms. The average Bonchev–Trinajstić information content (AvgIpc) is 2.29. The van der Waals surface area contributed by atoms with E-state index in [1.54, 1.807) is 27.9 Å². The Hall–Kier alpha value is -1.72. The average molecular weight is 274 g/mol. The van der Waals surface area contributed by atoms with E-state index in [0.717, 1.165) is 12.1 Å². The third kappa shape index (κ3) is 3.87. The standard InChI is InChI=1S/C13H17F3N2O/c1-8-5-6-10(13(14,15)16)7-11(8)17-9(2)12(19)18(3)4/h5-7,9,17H,1-4H3. The fraction of sp³-hybridized carbons (Fsp3) is 0.462. The fourth-order valence-corrected chi connectivity index (χ4v) is 1.64. The normalized spacial score (nSPS) is 13.0. The minimum Gasteiger partial charge on any atom is -0.374 e. The molecule has 6 heteroatoms. The molecule has 106 valence electrons. The van der Waals surface area contributed by atoms with Crippen molar-refractivity contribution in [3.05, 3.63) is 29.3 Å². The molecular formula is C13H17F3N2O. The van der Waals surface area contributed by atoms with E-state index in [1.807, 2.05) is 0 Å². The highest BCUT2D eigenvalue weighted by Gasteiger charge is 2.31. The van der Waals surface area contributed by atoms with E-state index in [9.17, 15) is 18.0 Å². The molecule has 0 aliphatic heterocycles. The zero-order valence-corrected chi connectivity index (χ0v) is 11.3. The van der Waals surface area contributed by atoms with Crippen LogP contribution in [0.1, 0.15) is 18.1 Å². The lowest BCUT2D eigenvalue weighted by atomic mass is 10.1. The number of hydrogen-bond acceptors (Lipinski definition) is 2. The Morgan fingerprint density at radius 3 is 2.37 bits per heavy atom. The SMILES string of the molecule is Cc1ccc(C(F)(F)F)cc1NC(C)C(=O)N(C)C. The van der Waals surface area contributed by atoms with Crippen LogP contribution in [0.3, 0.4) is 0 Å². The number of carbonyl (C=O) groups excluding carboxylic acids is 1. The van der Waals surface area contributed by atoms with Gasteiger partial charge >= 0.3 is 6.18 Å². The van der Waals surface area contributed by atoms with Crippen molar-refractivity contribution in [2.24, 2.45) is 0 Å². The Kier molecular flexibility index (Phi) is 4.44. The number of nitrogens with zero attached hydrogens (tertiary/aromatic N) is 1. The van der Waals surface area contributed by atoms with Gasteiger partial charge in [-0.2, -0.15) is 13.2 Å². The molecule has 1 atom stereocenters. The number of hydrogen-bond donors (Lipinski definition) is 1. The molecule has 0 saturated carbocycles. The predicted octanol–water partition coefficient (Wildman–Crippen LogP) is 2.90. The van der Waals surface area contributed by atoms with E-state index < -0.39 is 17.8 Å². The van der Waals surface area contributed by atoms with Crippen LogP contribution in [0.4, 0.5) is 18.9 Å². The smallest absolute Gasteiger partial charge is 0.374 e. The van der Waals surface area contributed by atoms with E-state index in [1.165, 1.54) is 11.0 Å². The van der Waals surface area contributed by atoms with Crippen LogP contribution < -0.4 is 5.32 Å². The summed E-state index contributed by atoms with van der Waals surface area (Å²) in [6.45, 7) is 3.30. The minimum atomic E-state index is -4.39.